The van der Waals surface area contributed by atoms with Crippen molar-refractivity contribution in [2.75, 3.05) is 25.2 Å². The highest BCUT2D eigenvalue weighted by atomic mass is 32.2. The summed E-state index contributed by atoms with van der Waals surface area (Å²) in [5, 5.41) is 11.9. The number of hydrogen-bond donors (Lipinski definition) is 4. The fraction of sp³-hybridized carbons (Fsp3) is 0.400. The molecule has 1 aromatic rings. The Morgan fingerprint density at radius 2 is 2.31 bits per heavy atom. The summed E-state index contributed by atoms with van der Waals surface area (Å²) in [5.41, 5.74) is 3.14. The molecule has 12 nitrogen and oxygen atoms in total. The molecule has 3 heterocycles. The van der Waals surface area contributed by atoms with Gasteiger partial charge in [-0.25, -0.2) is 14.6 Å². The molecule has 156 valence electrons. The predicted molar refractivity (Wildman–Crippen MR) is 100 cm³/mol. The van der Waals surface area contributed by atoms with Crippen molar-refractivity contribution in [2.24, 2.45) is 5.73 Å². The number of imidazole rings is 1. The van der Waals surface area contributed by atoms with Crippen LogP contribution in [0.4, 0.5) is 4.79 Å². The van der Waals surface area contributed by atoms with E-state index in [4.69, 9.17) is 10.5 Å². The number of aromatic amines is 1. The Hall–Kier alpha value is -2.71. The van der Waals surface area contributed by atoms with Crippen molar-refractivity contribution in [3.63, 3.8) is 0 Å². The first kappa shape index (κ1) is 21.0. The topological polar surface area (TPSA) is 177 Å². The molecule has 1 fully saturated rings. The number of nitrogens with two attached hydrogens (primary N) is 1. The molecule has 0 bridgehead atoms. The van der Waals surface area contributed by atoms with Crippen LogP contribution in [0.1, 0.15) is 0 Å². The van der Waals surface area contributed by atoms with Crippen molar-refractivity contribution < 1.29 is 33.8 Å². The molecule has 29 heavy (non-hydrogen) atoms. The van der Waals surface area contributed by atoms with E-state index >= 15 is 0 Å². The van der Waals surface area contributed by atoms with E-state index in [2.05, 4.69) is 20.0 Å². The zero-order valence-corrected chi connectivity index (χ0v) is 16.7. The Balaban J connectivity index is 1.75. The second-order valence-corrected chi connectivity index (χ2v) is 7.91. The minimum Gasteiger partial charge on any atom is -0.477 e. The normalized spacial score (nSPS) is 23.3. The summed E-state index contributed by atoms with van der Waals surface area (Å²) in [7, 11) is 1.26. The number of carbonyl (C=O) groups is 4. The molecule has 0 unspecified atom stereocenters. The van der Waals surface area contributed by atoms with E-state index in [0.717, 1.165) is 16.7 Å². The third-order valence-electron chi connectivity index (χ3n) is 4.16. The Morgan fingerprint density at radius 3 is 2.90 bits per heavy atom. The van der Waals surface area contributed by atoms with E-state index in [9.17, 15) is 24.3 Å². The van der Waals surface area contributed by atoms with Crippen molar-refractivity contribution in [1.82, 2.24) is 20.2 Å². The molecule has 2 aliphatic heterocycles. The quantitative estimate of drug-likeness (QED) is 0.228. The van der Waals surface area contributed by atoms with Gasteiger partial charge in [-0.05, 0) is 0 Å². The van der Waals surface area contributed by atoms with Gasteiger partial charge in [0.05, 0.1) is 5.75 Å². The second kappa shape index (κ2) is 8.34. The molecule has 14 heteroatoms. The number of ether oxygens (including phenoxy) is 2. The molecule has 5 N–H and O–H groups in total. The molecule has 0 aromatic carbocycles. The van der Waals surface area contributed by atoms with Crippen molar-refractivity contribution in [3.05, 3.63) is 23.7 Å². The molecule has 0 saturated carbocycles. The highest BCUT2D eigenvalue weighted by molar-refractivity contribution is 8.00. The average Bonchev–Trinajstić information content (AvgIpc) is 3.21. The predicted octanol–water partition coefficient (Wildman–Crippen LogP) is -0.690. The van der Waals surface area contributed by atoms with Crippen LogP contribution in [0.25, 0.3) is 0 Å². The summed E-state index contributed by atoms with van der Waals surface area (Å²) in [6, 6.07) is 0. The van der Waals surface area contributed by atoms with Gasteiger partial charge in [0.1, 0.15) is 17.7 Å². The maximum absolute atomic E-state index is 12.8. The molecule has 0 spiro atoms. The minimum atomic E-state index is -1.69. The van der Waals surface area contributed by atoms with Crippen LogP contribution in [0.15, 0.2) is 28.8 Å². The van der Waals surface area contributed by atoms with Gasteiger partial charge < -0.3 is 30.6 Å². The lowest BCUT2D eigenvalue weighted by Gasteiger charge is -2.55. The first-order chi connectivity index (χ1) is 13.8. The van der Waals surface area contributed by atoms with Crippen LogP contribution in [0.2, 0.25) is 0 Å². The summed E-state index contributed by atoms with van der Waals surface area (Å²) in [6.45, 7) is -0.355. The number of carboxylic acids is 1. The maximum Gasteiger partial charge on any atom is 0.404 e. The first-order valence-corrected chi connectivity index (χ1v) is 10.1. The van der Waals surface area contributed by atoms with Crippen molar-refractivity contribution in [2.45, 2.75) is 16.3 Å². The van der Waals surface area contributed by atoms with E-state index < -0.39 is 35.0 Å². The number of hydrogen-bond acceptors (Lipinski definition) is 9. The van der Waals surface area contributed by atoms with Crippen LogP contribution in [0.3, 0.4) is 0 Å². The van der Waals surface area contributed by atoms with E-state index in [1.165, 1.54) is 18.9 Å². The molecule has 3 amide bonds. The number of rotatable bonds is 8. The zero-order valence-electron chi connectivity index (χ0n) is 15.0. The molecular weight excluding hydrogens is 426 g/mol. The standard InChI is InChI=1S/C15H17N5O7S2/c1-26-15(19-8(21)6-29-14-17-2-3-18-14)11(24)20-9(10(22)23)7(4-27-13(16)25)5-28-12(15)20/h2-3,12H,4-6H2,1H3,(H2,16,25)(H,17,18)(H,19,21)(H,22,23)/t12-,15-/m0/s1. The van der Waals surface area contributed by atoms with Gasteiger partial charge in [0, 0.05) is 30.8 Å². The number of aromatic nitrogens is 2. The smallest absolute Gasteiger partial charge is 0.404 e. The van der Waals surface area contributed by atoms with Gasteiger partial charge in [-0.3, -0.25) is 14.5 Å². The number of H-pyrrole nitrogens is 1. The molecule has 2 atom stereocenters. The summed E-state index contributed by atoms with van der Waals surface area (Å²) >= 11 is 2.31. The number of amides is 3. The zero-order chi connectivity index (χ0) is 21.2. The molecule has 0 aliphatic carbocycles. The van der Waals surface area contributed by atoms with Crippen LogP contribution < -0.4 is 11.1 Å². The number of β-lactam (4-membered cyclic amide) rings is 1. The van der Waals surface area contributed by atoms with Gasteiger partial charge >= 0.3 is 12.1 Å². The van der Waals surface area contributed by atoms with E-state index in [1.807, 2.05) is 0 Å². The molecule has 1 saturated heterocycles. The summed E-state index contributed by atoms with van der Waals surface area (Å²) in [6.07, 6.45) is 2.10. The molecule has 2 aliphatic rings. The van der Waals surface area contributed by atoms with Gasteiger partial charge in [0.15, 0.2) is 5.16 Å². The average molecular weight is 443 g/mol. The Labute approximate surface area is 172 Å². The number of nitrogens with zero attached hydrogens (tertiary/aromatic N) is 2. The monoisotopic (exact) mass is 443 g/mol. The van der Waals surface area contributed by atoms with Gasteiger partial charge in [0.25, 0.3) is 11.6 Å². The number of fused-ring (bicyclic) bond motifs is 1. The second-order valence-electron chi connectivity index (χ2n) is 5.87. The maximum atomic E-state index is 12.8. The Bertz CT molecular complexity index is 874. The van der Waals surface area contributed by atoms with Gasteiger partial charge in [0.2, 0.25) is 5.91 Å². The number of carbonyl (C=O) groups excluding carboxylic acids is 3. The number of nitrogens with one attached hydrogen (secondary N) is 2. The van der Waals surface area contributed by atoms with Gasteiger partial charge in [-0.15, -0.1) is 11.8 Å². The highest BCUT2D eigenvalue weighted by Gasteiger charge is 2.66. The van der Waals surface area contributed by atoms with Crippen LogP contribution in [-0.4, -0.2) is 80.2 Å². The van der Waals surface area contributed by atoms with Crippen molar-refractivity contribution >= 4 is 47.4 Å². The van der Waals surface area contributed by atoms with Crippen LogP contribution in [0, 0.1) is 0 Å². The van der Waals surface area contributed by atoms with Gasteiger partial charge in [-0.1, -0.05) is 11.8 Å². The van der Waals surface area contributed by atoms with Gasteiger partial charge in [-0.2, -0.15) is 0 Å². The van der Waals surface area contributed by atoms with Crippen LogP contribution >= 0.6 is 23.5 Å². The van der Waals surface area contributed by atoms with Crippen molar-refractivity contribution in [1.29, 1.82) is 0 Å². The lowest BCUT2D eigenvalue weighted by molar-refractivity contribution is -0.192. The Morgan fingerprint density at radius 1 is 1.55 bits per heavy atom. The lowest BCUT2D eigenvalue weighted by atomic mass is 9.98. The highest BCUT2D eigenvalue weighted by Crippen LogP contribution is 2.46. The number of primary amides is 1. The molecule has 0 radical (unpaired) electrons. The molecule has 3 rings (SSSR count). The van der Waals surface area contributed by atoms with E-state index in [1.54, 1.807) is 12.4 Å². The number of carboxylic acid groups (broad SMARTS) is 1. The Kier molecular flexibility index (Phi) is 6.04. The van der Waals surface area contributed by atoms with Crippen LogP contribution in [0.5, 0.6) is 0 Å². The van der Waals surface area contributed by atoms with E-state index in [0.29, 0.717) is 5.16 Å². The molecule has 1 aromatic heterocycles. The molecular formula is C15H17N5O7S2. The van der Waals surface area contributed by atoms with Crippen molar-refractivity contribution in [3.8, 4) is 0 Å². The van der Waals surface area contributed by atoms with E-state index in [-0.39, 0.29) is 29.4 Å². The fourth-order valence-electron chi connectivity index (χ4n) is 2.92. The summed E-state index contributed by atoms with van der Waals surface area (Å²) < 4.78 is 10.00. The lowest BCUT2D eigenvalue weighted by Crippen LogP contribution is -2.80. The number of thioether (sulfide) groups is 2. The SMILES string of the molecule is CO[C@@]1(NC(=O)CSc2ncc[nH]2)C(=O)N2C(C(=O)O)=C(COC(N)=O)CS[C@H]21. The summed E-state index contributed by atoms with van der Waals surface area (Å²) in [4.78, 5) is 55.6. The van der Waals surface area contributed by atoms with Crippen LogP contribution in [-0.2, 0) is 23.9 Å². The minimum absolute atomic E-state index is 0.0252. The summed E-state index contributed by atoms with van der Waals surface area (Å²) in [5.74, 6) is -2.46. The third-order valence-corrected chi connectivity index (χ3v) is 6.44. The fourth-order valence-corrected chi connectivity index (χ4v) is 4.97. The number of methoxy groups -OCH3 is 1. The largest absolute Gasteiger partial charge is 0.477 e. The first-order valence-electron chi connectivity index (χ1n) is 8.11. The third kappa shape index (κ3) is 3.90. The number of aliphatic carboxylic acids is 1.